The smallest absolute Gasteiger partial charge is 0.257 e. The Hall–Kier alpha value is -1.82. The summed E-state index contributed by atoms with van der Waals surface area (Å²) in [7, 11) is 2.09. The van der Waals surface area contributed by atoms with Gasteiger partial charge in [0.05, 0.1) is 27.0 Å². The monoisotopic (exact) mass is 381 g/mol. The summed E-state index contributed by atoms with van der Waals surface area (Å²) in [4.78, 5) is 17.0. The van der Waals surface area contributed by atoms with Crippen molar-refractivity contribution < 1.29 is 9.18 Å². The van der Waals surface area contributed by atoms with Gasteiger partial charge in [-0.2, -0.15) is 0 Å². The van der Waals surface area contributed by atoms with Crippen molar-refractivity contribution in [3.63, 3.8) is 0 Å². The lowest BCUT2D eigenvalue weighted by atomic mass is 10.1. The van der Waals surface area contributed by atoms with Crippen LogP contribution in [0.25, 0.3) is 0 Å². The van der Waals surface area contributed by atoms with E-state index in [1.54, 1.807) is 0 Å². The van der Waals surface area contributed by atoms with Gasteiger partial charge >= 0.3 is 0 Å². The van der Waals surface area contributed by atoms with Gasteiger partial charge < -0.3 is 15.1 Å². The number of piperazine rings is 1. The van der Waals surface area contributed by atoms with Crippen molar-refractivity contribution in [2.45, 2.75) is 0 Å². The minimum absolute atomic E-state index is 0.0525. The van der Waals surface area contributed by atoms with Gasteiger partial charge in [-0.1, -0.05) is 35.3 Å². The van der Waals surface area contributed by atoms with Gasteiger partial charge in [0.2, 0.25) is 0 Å². The SMILES string of the molecule is CN1CCN(c2ccccc2NC(=O)c2cc(F)c(Cl)cc2Cl)CC1. The first-order valence-corrected chi connectivity index (χ1v) is 8.69. The number of likely N-dealkylation sites (N-methyl/N-ethyl adjacent to an activating group) is 1. The van der Waals surface area contributed by atoms with Crippen LogP contribution in [0.2, 0.25) is 10.0 Å². The molecule has 0 aliphatic carbocycles. The normalized spacial score (nSPS) is 15.3. The number of nitrogens with one attached hydrogen (secondary N) is 1. The van der Waals surface area contributed by atoms with Gasteiger partial charge in [-0.25, -0.2) is 4.39 Å². The number of hydrogen-bond acceptors (Lipinski definition) is 3. The number of anilines is 2. The number of halogens is 3. The van der Waals surface area contributed by atoms with Crippen LogP contribution in [0.4, 0.5) is 15.8 Å². The van der Waals surface area contributed by atoms with E-state index in [0.29, 0.717) is 5.69 Å². The predicted molar refractivity (Wildman–Crippen MR) is 101 cm³/mol. The molecule has 1 amide bonds. The van der Waals surface area contributed by atoms with Gasteiger partial charge in [-0.15, -0.1) is 0 Å². The Morgan fingerprint density at radius 2 is 1.76 bits per heavy atom. The summed E-state index contributed by atoms with van der Waals surface area (Å²) in [6, 6.07) is 9.85. The van der Waals surface area contributed by atoms with Crippen LogP contribution in [0.15, 0.2) is 36.4 Å². The largest absolute Gasteiger partial charge is 0.367 e. The van der Waals surface area contributed by atoms with Crippen molar-refractivity contribution in [3.05, 3.63) is 57.8 Å². The molecule has 0 bridgehead atoms. The number of nitrogens with zero attached hydrogens (tertiary/aromatic N) is 2. The molecule has 25 heavy (non-hydrogen) atoms. The van der Waals surface area contributed by atoms with Crippen LogP contribution >= 0.6 is 23.2 Å². The van der Waals surface area contributed by atoms with Gasteiger partial charge in [0.1, 0.15) is 5.82 Å². The molecule has 1 heterocycles. The zero-order valence-corrected chi connectivity index (χ0v) is 15.2. The number of rotatable bonds is 3. The van der Waals surface area contributed by atoms with Crippen molar-refractivity contribution in [3.8, 4) is 0 Å². The van der Waals surface area contributed by atoms with Crippen molar-refractivity contribution in [2.24, 2.45) is 0 Å². The molecule has 1 N–H and O–H groups in total. The molecule has 1 fully saturated rings. The lowest BCUT2D eigenvalue weighted by Gasteiger charge is -2.35. The third kappa shape index (κ3) is 4.06. The Labute approximate surface area is 156 Å². The minimum Gasteiger partial charge on any atom is -0.367 e. The molecular formula is C18H18Cl2FN3O. The lowest BCUT2D eigenvalue weighted by molar-refractivity contribution is 0.102. The minimum atomic E-state index is -0.677. The van der Waals surface area contributed by atoms with Crippen LogP contribution in [0.3, 0.4) is 0 Å². The highest BCUT2D eigenvalue weighted by Crippen LogP contribution is 2.29. The highest BCUT2D eigenvalue weighted by Gasteiger charge is 2.19. The molecule has 0 radical (unpaired) electrons. The Kier molecular flexibility index (Phi) is 5.47. The standard InChI is InChI=1S/C18H18Cl2FN3O/c1-23-6-8-24(9-7-23)17-5-3-2-4-16(17)22-18(25)12-10-15(21)14(20)11-13(12)19/h2-5,10-11H,6-9H2,1H3,(H,22,25). The second-order valence-electron chi connectivity index (χ2n) is 6.01. The average Bonchev–Trinajstić information content (AvgIpc) is 2.59. The molecule has 1 saturated heterocycles. The Morgan fingerprint density at radius 1 is 1.08 bits per heavy atom. The molecule has 132 valence electrons. The molecule has 2 aromatic carbocycles. The van der Waals surface area contributed by atoms with Crippen LogP contribution < -0.4 is 10.2 Å². The molecule has 0 unspecified atom stereocenters. The number of carbonyl (C=O) groups excluding carboxylic acids is 1. The van der Waals surface area contributed by atoms with E-state index in [1.807, 2.05) is 24.3 Å². The molecule has 1 aliphatic rings. The summed E-state index contributed by atoms with van der Waals surface area (Å²) in [6.07, 6.45) is 0. The van der Waals surface area contributed by atoms with Gasteiger partial charge in [0.25, 0.3) is 5.91 Å². The molecule has 2 aromatic rings. The number of para-hydroxylation sites is 2. The van der Waals surface area contributed by atoms with Crippen molar-refractivity contribution in [2.75, 3.05) is 43.4 Å². The summed E-state index contributed by atoms with van der Waals surface area (Å²) >= 11 is 11.7. The zero-order valence-electron chi connectivity index (χ0n) is 13.7. The van der Waals surface area contributed by atoms with Gasteiger partial charge in [0, 0.05) is 26.2 Å². The van der Waals surface area contributed by atoms with Crippen LogP contribution in [-0.2, 0) is 0 Å². The Balaban J connectivity index is 1.84. The van der Waals surface area contributed by atoms with Crippen molar-refractivity contribution in [1.29, 1.82) is 0 Å². The molecule has 0 spiro atoms. The Bertz CT molecular complexity index is 792. The van der Waals surface area contributed by atoms with E-state index in [0.717, 1.165) is 37.9 Å². The van der Waals surface area contributed by atoms with E-state index < -0.39 is 11.7 Å². The van der Waals surface area contributed by atoms with E-state index in [2.05, 4.69) is 22.2 Å². The lowest BCUT2D eigenvalue weighted by Crippen LogP contribution is -2.44. The number of hydrogen-bond donors (Lipinski definition) is 1. The molecule has 7 heteroatoms. The zero-order chi connectivity index (χ0) is 18.0. The summed E-state index contributed by atoms with van der Waals surface area (Å²) < 4.78 is 13.7. The quantitative estimate of drug-likeness (QED) is 0.811. The molecule has 3 rings (SSSR count). The maximum atomic E-state index is 13.7. The van der Waals surface area contributed by atoms with Crippen LogP contribution in [0.5, 0.6) is 0 Å². The van der Waals surface area contributed by atoms with E-state index in [1.165, 1.54) is 6.07 Å². The van der Waals surface area contributed by atoms with Gasteiger partial charge in [-0.3, -0.25) is 4.79 Å². The fourth-order valence-electron chi connectivity index (χ4n) is 2.79. The number of carbonyl (C=O) groups is 1. The van der Waals surface area contributed by atoms with Crippen LogP contribution in [0, 0.1) is 5.82 Å². The third-order valence-corrected chi connectivity index (χ3v) is 4.85. The maximum Gasteiger partial charge on any atom is 0.257 e. The summed E-state index contributed by atoms with van der Waals surface area (Å²) in [5.74, 6) is -1.15. The fourth-order valence-corrected chi connectivity index (χ4v) is 3.26. The molecule has 4 nitrogen and oxygen atoms in total. The van der Waals surface area contributed by atoms with E-state index in [-0.39, 0.29) is 15.6 Å². The molecule has 0 atom stereocenters. The summed E-state index contributed by atoms with van der Waals surface area (Å²) in [6.45, 7) is 3.66. The third-order valence-electron chi connectivity index (χ3n) is 4.25. The van der Waals surface area contributed by atoms with Gasteiger partial charge in [0.15, 0.2) is 0 Å². The highest BCUT2D eigenvalue weighted by atomic mass is 35.5. The molecular weight excluding hydrogens is 364 g/mol. The fraction of sp³-hybridized carbons (Fsp3) is 0.278. The van der Waals surface area contributed by atoms with E-state index >= 15 is 0 Å². The van der Waals surface area contributed by atoms with Crippen LogP contribution in [0.1, 0.15) is 10.4 Å². The Morgan fingerprint density at radius 3 is 2.48 bits per heavy atom. The van der Waals surface area contributed by atoms with Crippen LogP contribution in [-0.4, -0.2) is 44.0 Å². The van der Waals surface area contributed by atoms with E-state index in [4.69, 9.17) is 23.2 Å². The first kappa shape index (κ1) is 18.0. The second kappa shape index (κ2) is 7.60. The molecule has 0 saturated carbocycles. The van der Waals surface area contributed by atoms with Gasteiger partial charge in [-0.05, 0) is 31.3 Å². The summed E-state index contributed by atoms with van der Waals surface area (Å²) in [5.41, 5.74) is 1.66. The summed E-state index contributed by atoms with van der Waals surface area (Å²) in [5, 5.41) is 2.83. The first-order valence-electron chi connectivity index (χ1n) is 7.94. The maximum absolute atomic E-state index is 13.7. The van der Waals surface area contributed by atoms with Crippen molar-refractivity contribution >= 4 is 40.5 Å². The topological polar surface area (TPSA) is 35.6 Å². The average molecular weight is 382 g/mol. The van der Waals surface area contributed by atoms with Crippen molar-refractivity contribution in [1.82, 2.24) is 4.90 Å². The first-order chi connectivity index (χ1) is 12.0. The highest BCUT2D eigenvalue weighted by molar-refractivity contribution is 6.37. The van der Waals surface area contributed by atoms with E-state index in [9.17, 15) is 9.18 Å². The second-order valence-corrected chi connectivity index (χ2v) is 6.82. The molecule has 1 aliphatic heterocycles. The predicted octanol–water partition coefficient (Wildman–Crippen LogP) is 4.14. The molecule has 0 aromatic heterocycles. The number of amides is 1. The number of benzene rings is 2.